The van der Waals surface area contributed by atoms with E-state index >= 15 is 0 Å². The van der Waals surface area contributed by atoms with Crippen molar-refractivity contribution < 1.29 is 9.13 Å². The lowest BCUT2D eigenvalue weighted by molar-refractivity contribution is 0.0736. The van der Waals surface area contributed by atoms with Crippen molar-refractivity contribution in [3.05, 3.63) is 34.1 Å². The average molecular weight is 316 g/mol. The van der Waals surface area contributed by atoms with Crippen LogP contribution in [0.4, 0.5) is 4.39 Å². The van der Waals surface area contributed by atoms with Gasteiger partial charge in [0.25, 0.3) is 0 Å². The van der Waals surface area contributed by atoms with Crippen molar-refractivity contribution in [3.8, 4) is 0 Å². The van der Waals surface area contributed by atoms with Crippen LogP contribution in [0.3, 0.4) is 0 Å². The minimum atomic E-state index is -0.208. The van der Waals surface area contributed by atoms with E-state index in [1.165, 1.54) is 25.3 Å². The molecular weight excluding hydrogens is 297 g/mol. The molecule has 1 saturated carbocycles. The molecule has 0 spiro atoms. The number of hydrogen-bond donors (Lipinski definition) is 1. The smallest absolute Gasteiger partial charge is 0.128 e. The fourth-order valence-corrected chi connectivity index (χ4v) is 3.03. The van der Waals surface area contributed by atoms with E-state index in [1.54, 1.807) is 12.1 Å². The molecule has 0 bridgehead atoms. The fraction of sp³-hybridized carbons (Fsp3) is 0.571. The van der Waals surface area contributed by atoms with E-state index in [0.29, 0.717) is 30.6 Å². The van der Waals surface area contributed by atoms with Gasteiger partial charge in [-0.25, -0.2) is 4.39 Å². The quantitative estimate of drug-likeness (QED) is 0.902. The summed E-state index contributed by atoms with van der Waals surface area (Å²) in [6.07, 6.45) is 3.62. The molecule has 1 aliphatic carbocycles. The Kier molecular flexibility index (Phi) is 5.15. The van der Waals surface area contributed by atoms with Crippen molar-refractivity contribution in [1.82, 2.24) is 0 Å². The predicted molar refractivity (Wildman–Crippen MR) is 73.6 cm³/mol. The Hall–Kier alpha value is -0.450. The highest BCUT2D eigenvalue weighted by molar-refractivity contribution is 9.10. The molecule has 2 N–H and O–H groups in total. The monoisotopic (exact) mass is 315 g/mol. The molecule has 100 valence electrons. The van der Waals surface area contributed by atoms with Crippen molar-refractivity contribution in [2.75, 3.05) is 13.2 Å². The van der Waals surface area contributed by atoms with Crippen molar-refractivity contribution in [2.45, 2.75) is 25.9 Å². The summed E-state index contributed by atoms with van der Waals surface area (Å²) >= 11 is 3.34. The van der Waals surface area contributed by atoms with E-state index in [4.69, 9.17) is 10.5 Å². The lowest BCUT2D eigenvalue weighted by Crippen LogP contribution is -2.22. The third-order valence-corrected chi connectivity index (χ3v) is 4.21. The molecule has 0 aromatic heterocycles. The average Bonchev–Trinajstić information content (AvgIpc) is 2.81. The van der Waals surface area contributed by atoms with Gasteiger partial charge in [0.2, 0.25) is 0 Å². The van der Waals surface area contributed by atoms with Crippen molar-refractivity contribution in [2.24, 2.45) is 17.6 Å². The first kappa shape index (κ1) is 14.0. The molecule has 4 heteroatoms. The SMILES string of the molecule is NCC1CCCC1COCc1cc(Br)ccc1F. The Balaban J connectivity index is 1.83. The van der Waals surface area contributed by atoms with Crippen LogP contribution in [0.2, 0.25) is 0 Å². The molecule has 1 aromatic rings. The van der Waals surface area contributed by atoms with Crippen LogP contribution in [0.15, 0.2) is 22.7 Å². The summed E-state index contributed by atoms with van der Waals surface area (Å²) in [5, 5.41) is 0. The highest BCUT2D eigenvalue weighted by Gasteiger charge is 2.25. The third kappa shape index (κ3) is 3.53. The van der Waals surface area contributed by atoms with Gasteiger partial charge in [0, 0.05) is 10.0 Å². The van der Waals surface area contributed by atoms with Gasteiger partial charge in [-0.15, -0.1) is 0 Å². The van der Waals surface area contributed by atoms with Crippen LogP contribution < -0.4 is 5.73 Å². The van der Waals surface area contributed by atoms with Gasteiger partial charge in [-0.05, 0) is 49.4 Å². The van der Waals surface area contributed by atoms with Gasteiger partial charge in [0.05, 0.1) is 13.2 Å². The molecule has 0 saturated heterocycles. The van der Waals surface area contributed by atoms with Gasteiger partial charge in [0.1, 0.15) is 5.82 Å². The molecule has 2 nitrogen and oxygen atoms in total. The van der Waals surface area contributed by atoms with Gasteiger partial charge >= 0.3 is 0 Å². The van der Waals surface area contributed by atoms with E-state index < -0.39 is 0 Å². The molecule has 0 radical (unpaired) electrons. The van der Waals surface area contributed by atoms with E-state index in [2.05, 4.69) is 15.9 Å². The van der Waals surface area contributed by atoms with Crippen molar-refractivity contribution in [3.63, 3.8) is 0 Å². The Labute approximate surface area is 116 Å². The first-order chi connectivity index (χ1) is 8.70. The topological polar surface area (TPSA) is 35.2 Å². The van der Waals surface area contributed by atoms with Crippen LogP contribution >= 0.6 is 15.9 Å². The van der Waals surface area contributed by atoms with Crippen LogP contribution in [-0.2, 0) is 11.3 Å². The van der Waals surface area contributed by atoms with Gasteiger partial charge in [0.15, 0.2) is 0 Å². The van der Waals surface area contributed by atoms with E-state index in [1.807, 2.05) is 0 Å². The zero-order chi connectivity index (χ0) is 13.0. The second-order valence-corrected chi connectivity index (χ2v) is 5.85. The number of ether oxygens (including phenoxy) is 1. The summed E-state index contributed by atoms with van der Waals surface area (Å²) in [5.74, 6) is 0.919. The van der Waals surface area contributed by atoms with Crippen LogP contribution in [0.5, 0.6) is 0 Å². The van der Waals surface area contributed by atoms with E-state index in [0.717, 1.165) is 11.0 Å². The summed E-state index contributed by atoms with van der Waals surface area (Å²) in [7, 11) is 0. The molecule has 0 aliphatic heterocycles. The fourth-order valence-electron chi connectivity index (χ4n) is 2.62. The highest BCUT2D eigenvalue weighted by Crippen LogP contribution is 2.31. The predicted octanol–water partition coefficient (Wildman–Crippen LogP) is 3.48. The Morgan fingerprint density at radius 2 is 2.11 bits per heavy atom. The van der Waals surface area contributed by atoms with Crippen LogP contribution in [0, 0.1) is 17.7 Å². The number of rotatable bonds is 5. The maximum atomic E-state index is 13.5. The van der Waals surface area contributed by atoms with Gasteiger partial charge in [-0.1, -0.05) is 22.4 Å². The molecule has 1 fully saturated rings. The molecule has 1 aromatic carbocycles. The minimum Gasteiger partial charge on any atom is -0.376 e. The van der Waals surface area contributed by atoms with Crippen LogP contribution in [-0.4, -0.2) is 13.2 Å². The summed E-state index contributed by atoms with van der Waals surface area (Å²) in [4.78, 5) is 0. The number of benzene rings is 1. The molecule has 2 atom stereocenters. The molecular formula is C14H19BrFNO. The first-order valence-corrected chi connectivity index (χ1v) is 7.21. The summed E-state index contributed by atoms with van der Waals surface area (Å²) in [5.41, 5.74) is 6.33. The lowest BCUT2D eigenvalue weighted by atomic mass is 9.97. The third-order valence-electron chi connectivity index (χ3n) is 3.72. The first-order valence-electron chi connectivity index (χ1n) is 6.42. The standard InChI is InChI=1S/C14H19BrFNO/c15-13-4-5-14(16)12(6-13)9-18-8-11-3-1-2-10(11)7-17/h4-6,10-11H,1-3,7-9,17H2. The van der Waals surface area contributed by atoms with E-state index in [9.17, 15) is 4.39 Å². The summed E-state index contributed by atoms with van der Waals surface area (Å²) in [6, 6.07) is 4.92. The minimum absolute atomic E-state index is 0.208. The number of hydrogen-bond acceptors (Lipinski definition) is 2. The zero-order valence-electron chi connectivity index (χ0n) is 10.4. The van der Waals surface area contributed by atoms with Gasteiger partial charge in [-0.3, -0.25) is 0 Å². The molecule has 1 aliphatic rings. The normalized spacial score (nSPS) is 23.5. The van der Waals surface area contributed by atoms with Crippen molar-refractivity contribution >= 4 is 15.9 Å². The Morgan fingerprint density at radius 3 is 2.89 bits per heavy atom. The second-order valence-electron chi connectivity index (χ2n) is 4.94. The molecule has 0 amide bonds. The van der Waals surface area contributed by atoms with Gasteiger partial charge in [-0.2, -0.15) is 0 Å². The van der Waals surface area contributed by atoms with Gasteiger partial charge < -0.3 is 10.5 Å². The summed E-state index contributed by atoms with van der Waals surface area (Å²) in [6.45, 7) is 1.76. The number of halogens is 2. The molecule has 18 heavy (non-hydrogen) atoms. The number of nitrogens with two attached hydrogens (primary N) is 1. The van der Waals surface area contributed by atoms with E-state index in [-0.39, 0.29) is 5.82 Å². The molecule has 0 heterocycles. The second kappa shape index (κ2) is 6.64. The van der Waals surface area contributed by atoms with Crippen LogP contribution in [0.25, 0.3) is 0 Å². The molecule has 2 rings (SSSR count). The maximum Gasteiger partial charge on any atom is 0.128 e. The molecule has 2 unspecified atom stereocenters. The maximum absolute atomic E-state index is 13.5. The lowest BCUT2D eigenvalue weighted by Gasteiger charge is -2.17. The van der Waals surface area contributed by atoms with Crippen LogP contribution in [0.1, 0.15) is 24.8 Å². The Morgan fingerprint density at radius 1 is 1.33 bits per heavy atom. The summed E-state index contributed by atoms with van der Waals surface area (Å²) < 4.78 is 20.0. The van der Waals surface area contributed by atoms with Crippen molar-refractivity contribution in [1.29, 1.82) is 0 Å². The highest BCUT2D eigenvalue weighted by atomic mass is 79.9. The largest absolute Gasteiger partial charge is 0.376 e. The zero-order valence-corrected chi connectivity index (χ0v) is 12.0. The Bertz CT molecular complexity index is 399.